The Balaban J connectivity index is 2.33. The summed E-state index contributed by atoms with van der Waals surface area (Å²) >= 11 is 12.5. The number of alkyl halides is 1. The van der Waals surface area contributed by atoms with Crippen LogP contribution in [0.5, 0.6) is 0 Å². The van der Waals surface area contributed by atoms with Gasteiger partial charge >= 0.3 is 0 Å². The summed E-state index contributed by atoms with van der Waals surface area (Å²) in [6, 6.07) is 7.47. The standard InChI is InChI=1S/C16H14Cl2F2/c1-9-6-11(13(17)7-10(9)2)14(18)8-12-15(19)4-3-5-16(12)20/h3-7,14H,8H2,1-2H3. The van der Waals surface area contributed by atoms with E-state index in [-0.39, 0.29) is 12.0 Å². The van der Waals surface area contributed by atoms with Gasteiger partial charge in [-0.25, -0.2) is 8.78 Å². The summed E-state index contributed by atoms with van der Waals surface area (Å²) in [6.45, 7) is 3.90. The molecule has 0 saturated heterocycles. The topological polar surface area (TPSA) is 0 Å². The molecule has 0 aliphatic carbocycles. The lowest BCUT2D eigenvalue weighted by Crippen LogP contribution is -2.03. The Hall–Kier alpha value is -1.12. The van der Waals surface area contributed by atoms with Gasteiger partial charge in [-0.3, -0.25) is 0 Å². The highest BCUT2D eigenvalue weighted by Gasteiger charge is 2.18. The molecule has 2 rings (SSSR count). The monoisotopic (exact) mass is 314 g/mol. The SMILES string of the molecule is Cc1cc(Cl)c(C(Cl)Cc2c(F)cccc2F)cc1C. The molecule has 20 heavy (non-hydrogen) atoms. The first-order valence-electron chi connectivity index (χ1n) is 6.23. The first-order valence-corrected chi connectivity index (χ1v) is 7.05. The van der Waals surface area contributed by atoms with E-state index in [1.54, 1.807) is 0 Å². The van der Waals surface area contributed by atoms with E-state index in [1.165, 1.54) is 18.2 Å². The largest absolute Gasteiger partial charge is 0.207 e. The van der Waals surface area contributed by atoms with E-state index in [0.29, 0.717) is 10.6 Å². The molecule has 0 aliphatic rings. The molecule has 0 fully saturated rings. The zero-order valence-corrected chi connectivity index (χ0v) is 12.7. The van der Waals surface area contributed by atoms with Crippen LogP contribution < -0.4 is 0 Å². The van der Waals surface area contributed by atoms with Crippen LogP contribution in [0.3, 0.4) is 0 Å². The molecule has 106 valence electrons. The number of rotatable bonds is 3. The van der Waals surface area contributed by atoms with E-state index >= 15 is 0 Å². The molecule has 0 aliphatic heterocycles. The highest BCUT2D eigenvalue weighted by atomic mass is 35.5. The van der Waals surface area contributed by atoms with Crippen molar-refractivity contribution < 1.29 is 8.78 Å². The second-order valence-electron chi connectivity index (χ2n) is 4.83. The Labute approximate surface area is 127 Å². The third kappa shape index (κ3) is 3.13. The fourth-order valence-corrected chi connectivity index (χ4v) is 2.80. The van der Waals surface area contributed by atoms with E-state index < -0.39 is 17.0 Å². The molecule has 0 radical (unpaired) electrons. The van der Waals surface area contributed by atoms with Gasteiger partial charge in [0.2, 0.25) is 0 Å². The summed E-state index contributed by atoms with van der Waals surface area (Å²) in [4.78, 5) is 0. The molecule has 0 bridgehead atoms. The molecule has 0 heterocycles. The summed E-state index contributed by atoms with van der Waals surface area (Å²) in [5.41, 5.74) is 2.78. The van der Waals surface area contributed by atoms with Gasteiger partial charge in [0.15, 0.2) is 0 Å². The van der Waals surface area contributed by atoms with Crippen LogP contribution in [0.15, 0.2) is 30.3 Å². The van der Waals surface area contributed by atoms with E-state index in [4.69, 9.17) is 23.2 Å². The molecular formula is C16H14Cl2F2. The normalized spacial score (nSPS) is 12.5. The van der Waals surface area contributed by atoms with Gasteiger partial charge in [-0.1, -0.05) is 23.7 Å². The van der Waals surface area contributed by atoms with E-state index in [1.807, 2.05) is 26.0 Å². The van der Waals surface area contributed by atoms with E-state index in [0.717, 1.165) is 11.1 Å². The predicted octanol–water partition coefficient (Wildman–Crippen LogP) is 5.76. The Bertz CT molecular complexity index is 618. The Morgan fingerprint density at radius 3 is 2.20 bits per heavy atom. The second kappa shape index (κ2) is 6.11. The van der Waals surface area contributed by atoms with Gasteiger partial charge in [0.05, 0.1) is 5.38 Å². The van der Waals surface area contributed by atoms with Crippen molar-refractivity contribution >= 4 is 23.2 Å². The van der Waals surface area contributed by atoms with Gasteiger partial charge in [-0.15, -0.1) is 11.6 Å². The van der Waals surface area contributed by atoms with Crippen molar-refractivity contribution in [2.24, 2.45) is 0 Å². The van der Waals surface area contributed by atoms with Crippen LogP contribution in [0.2, 0.25) is 5.02 Å². The number of hydrogen-bond donors (Lipinski definition) is 0. The molecule has 0 spiro atoms. The fourth-order valence-electron chi connectivity index (χ4n) is 2.06. The highest BCUT2D eigenvalue weighted by Crippen LogP contribution is 2.33. The van der Waals surface area contributed by atoms with Crippen molar-refractivity contribution in [3.8, 4) is 0 Å². The molecule has 0 N–H and O–H groups in total. The Kier molecular flexibility index (Phi) is 4.66. The highest BCUT2D eigenvalue weighted by molar-refractivity contribution is 6.32. The third-order valence-electron chi connectivity index (χ3n) is 3.40. The summed E-state index contributed by atoms with van der Waals surface area (Å²) in [6.07, 6.45) is 0.0578. The maximum Gasteiger partial charge on any atom is 0.129 e. The molecule has 2 aromatic rings. The van der Waals surface area contributed by atoms with Gasteiger partial charge < -0.3 is 0 Å². The van der Waals surface area contributed by atoms with Crippen LogP contribution in [-0.2, 0) is 6.42 Å². The molecule has 0 saturated carbocycles. The summed E-state index contributed by atoms with van der Waals surface area (Å²) in [7, 11) is 0. The first kappa shape index (κ1) is 15.3. The zero-order chi connectivity index (χ0) is 14.9. The van der Waals surface area contributed by atoms with Crippen LogP contribution in [0.4, 0.5) is 8.78 Å². The number of aryl methyl sites for hydroxylation is 2. The molecule has 0 amide bonds. The minimum atomic E-state index is -0.587. The summed E-state index contributed by atoms with van der Waals surface area (Å²) in [5, 5.41) is -0.0574. The number of benzene rings is 2. The van der Waals surface area contributed by atoms with Gasteiger partial charge in [0.25, 0.3) is 0 Å². The van der Waals surface area contributed by atoms with Crippen molar-refractivity contribution in [2.45, 2.75) is 25.6 Å². The average molecular weight is 315 g/mol. The average Bonchev–Trinajstić information content (AvgIpc) is 2.38. The predicted molar refractivity (Wildman–Crippen MR) is 79.6 cm³/mol. The van der Waals surface area contributed by atoms with E-state index in [9.17, 15) is 8.78 Å². The first-order chi connectivity index (χ1) is 9.40. The van der Waals surface area contributed by atoms with Crippen LogP contribution in [0.1, 0.15) is 27.6 Å². The molecule has 1 atom stereocenters. The lowest BCUT2D eigenvalue weighted by atomic mass is 9.99. The minimum Gasteiger partial charge on any atom is -0.207 e. The zero-order valence-electron chi connectivity index (χ0n) is 11.2. The van der Waals surface area contributed by atoms with Gasteiger partial charge in [-0.2, -0.15) is 0 Å². The van der Waals surface area contributed by atoms with Gasteiger partial charge in [-0.05, 0) is 55.2 Å². The van der Waals surface area contributed by atoms with Crippen molar-refractivity contribution in [2.75, 3.05) is 0 Å². The lowest BCUT2D eigenvalue weighted by Gasteiger charge is -2.15. The van der Waals surface area contributed by atoms with Crippen molar-refractivity contribution in [3.63, 3.8) is 0 Å². The van der Waals surface area contributed by atoms with Gasteiger partial charge in [0, 0.05) is 10.6 Å². The molecule has 1 unspecified atom stereocenters. The lowest BCUT2D eigenvalue weighted by molar-refractivity contribution is 0.553. The molecular weight excluding hydrogens is 301 g/mol. The van der Waals surface area contributed by atoms with Gasteiger partial charge in [0.1, 0.15) is 11.6 Å². The molecule has 0 aromatic heterocycles. The van der Waals surface area contributed by atoms with Crippen molar-refractivity contribution in [3.05, 3.63) is 69.2 Å². The maximum atomic E-state index is 13.6. The van der Waals surface area contributed by atoms with Crippen LogP contribution >= 0.6 is 23.2 Å². The minimum absolute atomic E-state index is 0.0122. The van der Waals surface area contributed by atoms with Crippen LogP contribution in [0.25, 0.3) is 0 Å². The van der Waals surface area contributed by atoms with E-state index in [2.05, 4.69) is 0 Å². The number of hydrogen-bond acceptors (Lipinski definition) is 0. The number of halogens is 4. The van der Waals surface area contributed by atoms with Crippen LogP contribution in [0, 0.1) is 25.5 Å². The fraction of sp³-hybridized carbons (Fsp3) is 0.250. The molecule has 0 nitrogen and oxygen atoms in total. The second-order valence-corrected chi connectivity index (χ2v) is 5.76. The summed E-state index contributed by atoms with van der Waals surface area (Å²) < 4.78 is 27.3. The molecule has 4 heteroatoms. The van der Waals surface area contributed by atoms with Crippen molar-refractivity contribution in [1.29, 1.82) is 0 Å². The quantitative estimate of drug-likeness (QED) is 0.632. The smallest absolute Gasteiger partial charge is 0.129 e. The third-order valence-corrected chi connectivity index (χ3v) is 4.11. The van der Waals surface area contributed by atoms with Crippen molar-refractivity contribution in [1.82, 2.24) is 0 Å². The van der Waals surface area contributed by atoms with Crippen LogP contribution in [-0.4, -0.2) is 0 Å². The summed E-state index contributed by atoms with van der Waals surface area (Å²) in [5.74, 6) is -1.17. The molecule has 2 aromatic carbocycles. The maximum absolute atomic E-state index is 13.6. The Morgan fingerprint density at radius 1 is 1.05 bits per heavy atom. The Morgan fingerprint density at radius 2 is 1.60 bits per heavy atom.